The molecule has 4 amide bonds. The Hall–Kier alpha value is -3.61. The van der Waals surface area contributed by atoms with Crippen LogP contribution in [0.25, 0.3) is 6.08 Å². The zero-order chi connectivity index (χ0) is 21.0. The first kappa shape index (κ1) is 20.1. The molecular weight excluding hydrogens is 372 g/mol. The highest BCUT2D eigenvalue weighted by atomic mass is 16.5. The molecule has 1 aliphatic rings. The predicted octanol–water partition coefficient (Wildman–Crippen LogP) is 2.89. The number of amides is 4. The van der Waals surface area contributed by atoms with E-state index in [1.807, 2.05) is 31.2 Å². The van der Waals surface area contributed by atoms with E-state index in [1.54, 1.807) is 24.3 Å². The van der Waals surface area contributed by atoms with Crippen LogP contribution in [-0.4, -0.2) is 55.0 Å². The molecule has 2 aromatic rings. The molecule has 0 spiro atoms. The fraction of sp³-hybridized carbons (Fsp3) is 0.227. The van der Waals surface area contributed by atoms with Gasteiger partial charge in [0.25, 0.3) is 11.8 Å². The van der Waals surface area contributed by atoms with Gasteiger partial charge in [0.05, 0.1) is 0 Å². The van der Waals surface area contributed by atoms with Crippen molar-refractivity contribution in [2.45, 2.75) is 6.92 Å². The zero-order valence-corrected chi connectivity index (χ0v) is 16.5. The highest BCUT2D eigenvalue weighted by Gasteiger charge is 2.37. The molecule has 0 aliphatic carbocycles. The van der Waals surface area contributed by atoms with Crippen LogP contribution in [-0.2, 0) is 9.59 Å². The first-order valence-electron chi connectivity index (χ1n) is 9.11. The third-order valence-electron chi connectivity index (χ3n) is 4.49. The first-order chi connectivity index (χ1) is 13.9. The van der Waals surface area contributed by atoms with Gasteiger partial charge in [0.15, 0.2) is 0 Å². The minimum Gasteiger partial charge on any atom is -0.490 e. The highest BCUT2D eigenvalue weighted by molar-refractivity contribution is 6.30. The van der Waals surface area contributed by atoms with Gasteiger partial charge in [0, 0.05) is 19.7 Å². The molecule has 0 N–H and O–H groups in total. The van der Waals surface area contributed by atoms with Crippen molar-refractivity contribution in [1.29, 1.82) is 0 Å². The number of imide groups is 2. The molecule has 7 heteroatoms. The minimum atomic E-state index is -0.657. The molecule has 3 rings (SSSR count). The van der Waals surface area contributed by atoms with Crippen molar-refractivity contribution in [1.82, 2.24) is 9.80 Å². The standard InChI is InChI=1S/C22H22N2O5/c1-15-8-10-17(11-9-15)28-12-13-29-19-7-5-4-6-16(19)14-18-20(25)23(2)22(27)24(3)21(18)26/h4-11,14H,12-13H2,1-3H3. The number of ether oxygens (including phenoxy) is 2. The van der Waals surface area contributed by atoms with E-state index in [4.69, 9.17) is 9.47 Å². The number of para-hydroxylation sites is 1. The molecule has 1 heterocycles. The zero-order valence-electron chi connectivity index (χ0n) is 16.5. The topological polar surface area (TPSA) is 76.2 Å². The maximum Gasteiger partial charge on any atom is 0.333 e. The van der Waals surface area contributed by atoms with Gasteiger partial charge in [-0.2, -0.15) is 0 Å². The van der Waals surface area contributed by atoms with Crippen LogP contribution in [0.5, 0.6) is 11.5 Å². The second kappa shape index (κ2) is 8.60. The van der Waals surface area contributed by atoms with Gasteiger partial charge in [-0.1, -0.05) is 35.9 Å². The lowest BCUT2D eigenvalue weighted by Crippen LogP contribution is -2.52. The third-order valence-corrected chi connectivity index (χ3v) is 4.49. The molecule has 7 nitrogen and oxygen atoms in total. The summed E-state index contributed by atoms with van der Waals surface area (Å²) in [7, 11) is 2.68. The number of benzene rings is 2. The maximum absolute atomic E-state index is 12.4. The molecule has 1 fully saturated rings. The van der Waals surface area contributed by atoms with Gasteiger partial charge < -0.3 is 9.47 Å². The molecule has 0 aromatic heterocycles. The van der Waals surface area contributed by atoms with E-state index in [9.17, 15) is 14.4 Å². The van der Waals surface area contributed by atoms with E-state index in [2.05, 4.69) is 0 Å². The average Bonchev–Trinajstić information content (AvgIpc) is 2.73. The van der Waals surface area contributed by atoms with E-state index in [0.717, 1.165) is 21.1 Å². The molecule has 0 unspecified atom stereocenters. The van der Waals surface area contributed by atoms with E-state index < -0.39 is 17.8 Å². The maximum atomic E-state index is 12.4. The van der Waals surface area contributed by atoms with E-state index >= 15 is 0 Å². The number of barbiturate groups is 1. The van der Waals surface area contributed by atoms with Gasteiger partial charge in [-0.05, 0) is 31.2 Å². The van der Waals surface area contributed by atoms with E-state index in [-0.39, 0.29) is 12.2 Å². The van der Waals surface area contributed by atoms with Crippen molar-refractivity contribution in [3.63, 3.8) is 0 Å². The molecule has 0 atom stereocenters. The van der Waals surface area contributed by atoms with Gasteiger partial charge in [-0.15, -0.1) is 0 Å². The van der Waals surface area contributed by atoms with Gasteiger partial charge >= 0.3 is 6.03 Å². The largest absolute Gasteiger partial charge is 0.490 e. The summed E-state index contributed by atoms with van der Waals surface area (Å²) in [5.41, 5.74) is 1.62. The summed E-state index contributed by atoms with van der Waals surface area (Å²) in [6.45, 7) is 2.63. The van der Waals surface area contributed by atoms with Crippen LogP contribution in [0.4, 0.5) is 4.79 Å². The quantitative estimate of drug-likeness (QED) is 0.428. The summed E-state index contributed by atoms with van der Waals surface area (Å²) in [6.07, 6.45) is 1.44. The van der Waals surface area contributed by atoms with Crippen LogP contribution in [0, 0.1) is 6.92 Å². The Morgan fingerprint density at radius 1 is 0.828 bits per heavy atom. The number of nitrogens with zero attached hydrogens (tertiary/aromatic N) is 2. The molecule has 150 valence electrons. The number of aryl methyl sites for hydroxylation is 1. The Balaban J connectivity index is 1.70. The fourth-order valence-electron chi connectivity index (χ4n) is 2.81. The molecule has 2 aromatic carbocycles. The summed E-state index contributed by atoms with van der Waals surface area (Å²) in [6, 6.07) is 14.1. The van der Waals surface area contributed by atoms with Crippen LogP contribution in [0.3, 0.4) is 0 Å². The number of carbonyl (C=O) groups is 3. The summed E-state index contributed by atoms with van der Waals surface area (Å²) >= 11 is 0. The van der Waals surface area contributed by atoms with E-state index in [0.29, 0.717) is 17.9 Å². The van der Waals surface area contributed by atoms with Gasteiger partial charge in [0.2, 0.25) is 0 Å². The smallest absolute Gasteiger partial charge is 0.333 e. The van der Waals surface area contributed by atoms with Crippen molar-refractivity contribution in [3.05, 3.63) is 65.2 Å². The Morgan fingerprint density at radius 2 is 1.41 bits per heavy atom. The first-order valence-corrected chi connectivity index (χ1v) is 9.11. The summed E-state index contributed by atoms with van der Waals surface area (Å²) < 4.78 is 11.4. The van der Waals surface area contributed by atoms with Gasteiger partial charge in [-0.3, -0.25) is 19.4 Å². The predicted molar refractivity (Wildman–Crippen MR) is 108 cm³/mol. The summed E-state index contributed by atoms with van der Waals surface area (Å²) in [5, 5.41) is 0. The number of carbonyl (C=O) groups excluding carboxylic acids is 3. The molecule has 29 heavy (non-hydrogen) atoms. The molecule has 1 aliphatic heterocycles. The van der Waals surface area contributed by atoms with Crippen LogP contribution < -0.4 is 9.47 Å². The van der Waals surface area contributed by atoms with Crippen LogP contribution in [0.2, 0.25) is 0 Å². The summed E-state index contributed by atoms with van der Waals surface area (Å²) in [5.74, 6) is -0.0229. The monoisotopic (exact) mass is 394 g/mol. The lowest BCUT2D eigenvalue weighted by Gasteiger charge is -2.29. The second-order valence-electron chi connectivity index (χ2n) is 6.62. The Kier molecular flexibility index (Phi) is 5.97. The fourth-order valence-corrected chi connectivity index (χ4v) is 2.81. The molecular formula is C22H22N2O5. The van der Waals surface area contributed by atoms with Gasteiger partial charge in [-0.25, -0.2) is 4.79 Å². The molecule has 0 saturated carbocycles. The van der Waals surface area contributed by atoms with Crippen molar-refractivity contribution < 1.29 is 23.9 Å². The third kappa shape index (κ3) is 4.45. The lowest BCUT2D eigenvalue weighted by molar-refractivity contribution is -0.134. The Bertz CT molecular complexity index is 939. The minimum absolute atomic E-state index is 0.0958. The van der Waals surface area contributed by atoms with Crippen molar-refractivity contribution in [2.75, 3.05) is 27.3 Å². The number of urea groups is 1. The highest BCUT2D eigenvalue weighted by Crippen LogP contribution is 2.24. The number of hydrogen-bond donors (Lipinski definition) is 0. The van der Waals surface area contributed by atoms with Crippen molar-refractivity contribution >= 4 is 23.9 Å². The van der Waals surface area contributed by atoms with Crippen molar-refractivity contribution in [2.24, 2.45) is 0 Å². The molecule has 0 bridgehead atoms. The number of rotatable bonds is 6. The van der Waals surface area contributed by atoms with Crippen LogP contribution >= 0.6 is 0 Å². The normalized spacial score (nSPS) is 14.3. The van der Waals surface area contributed by atoms with Crippen molar-refractivity contribution in [3.8, 4) is 11.5 Å². The number of hydrogen-bond acceptors (Lipinski definition) is 5. The SMILES string of the molecule is Cc1ccc(OCCOc2ccccc2C=C2C(=O)N(C)C(=O)N(C)C2=O)cc1. The average molecular weight is 394 g/mol. The van der Waals surface area contributed by atoms with Crippen LogP contribution in [0.1, 0.15) is 11.1 Å². The van der Waals surface area contributed by atoms with Crippen LogP contribution in [0.15, 0.2) is 54.1 Å². The summed E-state index contributed by atoms with van der Waals surface area (Å²) in [4.78, 5) is 38.4. The lowest BCUT2D eigenvalue weighted by atomic mass is 10.1. The van der Waals surface area contributed by atoms with E-state index in [1.165, 1.54) is 20.2 Å². The van der Waals surface area contributed by atoms with Gasteiger partial charge in [0.1, 0.15) is 30.3 Å². The Labute approximate surface area is 169 Å². The number of likely N-dealkylation sites (N-methyl/N-ethyl adjacent to an activating group) is 2. The molecule has 1 saturated heterocycles. The Morgan fingerprint density at radius 3 is 2.07 bits per heavy atom. The second-order valence-corrected chi connectivity index (χ2v) is 6.62. The molecule has 0 radical (unpaired) electrons.